The van der Waals surface area contributed by atoms with Crippen LogP contribution in [0.25, 0.3) is 22.4 Å². The maximum atomic E-state index is 13.1. The number of H-pyrrole nitrogens is 1. The van der Waals surface area contributed by atoms with E-state index in [0.717, 1.165) is 16.6 Å². The minimum absolute atomic E-state index is 0.104. The Labute approximate surface area is 188 Å². The van der Waals surface area contributed by atoms with Crippen LogP contribution in [0.1, 0.15) is 22.9 Å². The van der Waals surface area contributed by atoms with Crippen LogP contribution < -0.4 is 11.0 Å². The molecule has 0 fully saturated rings. The van der Waals surface area contributed by atoms with Crippen molar-refractivity contribution in [3.63, 3.8) is 0 Å². The molecule has 0 bridgehead atoms. The Morgan fingerprint density at radius 1 is 1.03 bits per heavy atom. The monoisotopic (exact) mass is 439 g/mol. The van der Waals surface area contributed by atoms with Gasteiger partial charge in [0.2, 0.25) is 17.6 Å². The fourth-order valence-corrected chi connectivity index (χ4v) is 3.87. The van der Waals surface area contributed by atoms with Crippen molar-refractivity contribution in [1.29, 1.82) is 0 Å². The first-order chi connectivity index (χ1) is 16.1. The van der Waals surface area contributed by atoms with E-state index in [1.807, 2.05) is 72.8 Å². The zero-order valence-electron chi connectivity index (χ0n) is 17.9. The molecule has 2 aromatic heterocycles. The molecule has 0 spiro atoms. The molecule has 8 heteroatoms. The number of aryl methyl sites for hydroxylation is 1. The second-order valence-corrected chi connectivity index (χ2v) is 7.71. The summed E-state index contributed by atoms with van der Waals surface area (Å²) in [4.78, 5) is 32.1. The van der Waals surface area contributed by atoms with Crippen molar-refractivity contribution in [1.82, 2.24) is 25.0 Å². The molecule has 0 atom stereocenters. The molecule has 0 saturated carbocycles. The van der Waals surface area contributed by atoms with Gasteiger partial charge in [0, 0.05) is 12.6 Å². The normalized spacial score (nSPS) is 11.2. The predicted octanol–water partition coefficient (Wildman–Crippen LogP) is 3.36. The summed E-state index contributed by atoms with van der Waals surface area (Å²) in [5.41, 5.74) is 3.79. The summed E-state index contributed by atoms with van der Waals surface area (Å²) in [6, 6.07) is 24.7. The summed E-state index contributed by atoms with van der Waals surface area (Å²) in [6.45, 7) is 0.104. The Morgan fingerprint density at radius 2 is 1.70 bits per heavy atom. The summed E-state index contributed by atoms with van der Waals surface area (Å²) in [5.74, 6) is 0.0657. The van der Waals surface area contributed by atoms with Gasteiger partial charge in [0.25, 0.3) is 0 Å². The van der Waals surface area contributed by atoms with E-state index in [0.29, 0.717) is 22.8 Å². The predicted molar refractivity (Wildman–Crippen MR) is 123 cm³/mol. The zero-order valence-corrected chi connectivity index (χ0v) is 17.9. The van der Waals surface area contributed by atoms with E-state index in [4.69, 9.17) is 4.52 Å². The molecule has 0 radical (unpaired) electrons. The number of rotatable bonds is 6. The number of nitrogens with one attached hydrogen (secondary N) is 2. The summed E-state index contributed by atoms with van der Waals surface area (Å²) < 4.78 is 6.88. The van der Waals surface area contributed by atoms with Gasteiger partial charge < -0.3 is 14.8 Å². The third-order valence-electron chi connectivity index (χ3n) is 5.57. The molecule has 164 valence electrons. The van der Waals surface area contributed by atoms with E-state index >= 15 is 0 Å². The van der Waals surface area contributed by atoms with Gasteiger partial charge in [-0.05, 0) is 29.3 Å². The molecule has 5 aromatic rings. The zero-order chi connectivity index (χ0) is 22.8. The number of benzene rings is 3. The Bertz CT molecular complexity index is 1430. The third-order valence-corrected chi connectivity index (χ3v) is 5.57. The number of hydrogen-bond donors (Lipinski definition) is 2. The largest absolute Gasteiger partial charge is 0.346 e. The Balaban J connectivity index is 1.34. The molecule has 2 N–H and O–H groups in total. The minimum Gasteiger partial charge on any atom is -0.346 e. The summed E-state index contributed by atoms with van der Waals surface area (Å²) >= 11 is 0. The van der Waals surface area contributed by atoms with E-state index < -0.39 is 5.92 Å². The number of carbonyl (C=O) groups is 1. The molecular formula is C25H21N5O3. The van der Waals surface area contributed by atoms with Crippen LogP contribution in [0.15, 0.2) is 88.2 Å². The molecule has 0 unspecified atom stereocenters. The lowest BCUT2D eigenvalue weighted by molar-refractivity contribution is -0.122. The van der Waals surface area contributed by atoms with Gasteiger partial charge in [-0.2, -0.15) is 4.98 Å². The number of carbonyl (C=O) groups excluding carboxylic acids is 1. The first-order valence-corrected chi connectivity index (χ1v) is 10.5. The Hall–Kier alpha value is -4.46. The Kier molecular flexibility index (Phi) is 5.32. The van der Waals surface area contributed by atoms with Crippen molar-refractivity contribution in [2.24, 2.45) is 7.05 Å². The molecule has 3 aromatic carbocycles. The standard InChI is InChI=1S/C25H21N5O3/c1-30-20-13-12-18(14-19(20)27-25(30)32)23-28-21(33-29-23)15-26-24(31)22(16-8-4-2-5-9-16)17-10-6-3-7-11-17/h2-14,22H,15H2,1H3,(H,26,31)(H,27,32). The van der Waals surface area contributed by atoms with E-state index in [9.17, 15) is 9.59 Å². The summed E-state index contributed by atoms with van der Waals surface area (Å²) in [7, 11) is 1.70. The lowest BCUT2D eigenvalue weighted by atomic mass is 9.90. The van der Waals surface area contributed by atoms with Crippen LogP contribution >= 0.6 is 0 Å². The highest BCUT2D eigenvalue weighted by atomic mass is 16.5. The van der Waals surface area contributed by atoms with Gasteiger partial charge in [-0.25, -0.2) is 4.79 Å². The van der Waals surface area contributed by atoms with Crippen LogP contribution in [-0.2, 0) is 18.4 Å². The smallest absolute Gasteiger partial charge is 0.326 e. The molecule has 0 aliphatic heterocycles. The summed E-state index contributed by atoms with van der Waals surface area (Å²) in [6.07, 6.45) is 0. The van der Waals surface area contributed by atoms with Gasteiger partial charge in [0.15, 0.2) is 0 Å². The average Bonchev–Trinajstić information content (AvgIpc) is 3.43. The van der Waals surface area contributed by atoms with Crippen molar-refractivity contribution in [3.8, 4) is 11.4 Å². The topological polar surface area (TPSA) is 106 Å². The second-order valence-electron chi connectivity index (χ2n) is 7.71. The highest BCUT2D eigenvalue weighted by molar-refractivity contribution is 5.87. The van der Waals surface area contributed by atoms with E-state index in [1.165, 1.54) is 4.57 Å². The van der Waals surface area contributed by atoms with Gasteiger partial charge in [0.05, 0.1) is 23.5 Å². The fraction of sp³-hybridized carbons (Fsp3) is 0.120. The van der Waals surface area contributed by atoms with Crippen LogP contribution in [-0.4, -0.2) is 25.6 Å². The average molecular weight is 439 g/mol. The van der Waals surface area contributed by atoms with Crippen LogP contribution in [0.2, 0.25) is 0 Å². The molecule has 2 heterocycles. The maximum Gasteiger partial charge on any atom is 0.326 e. The van der Waals surface area contributed by atoms with E-state index in [-0.39, 0.29) is 18.1 Å². The number of hydrogen-bond acceptors (Lipinski definition) is 5. The SMILES string of the molecule is Cn1c(=O)[nH]c2cc(-c3noc(CNC(=O)C(c4ccccc4)c4ccccc4)n3)ccc21. The van der Waals surface area contributed by atoms with Crippen molar-refractivity contribution >= 4 is 16.9 Å². The van der Waals surface area contributed by atoms with Gasteiger partial charge >= 0.3 is 5.69 Å². The van der Waals surface area contributed by atoms with Crippen molar-refractivity contribution in [2.75, 3.05) is 0 Å². The highest BCUT2D eigenvalue weighted by Gasteiger charge is 2.23. The molecule has 0 aliphatic rings. The first-order valence-electron chi connectivity index (χ1n) is 10.5. The Morgan fingerprint density at radius 3 is 2.36 bits per heavy atom. The molecule has 0 aliphatic carbocycles. The molecule has 0 saturated heterocycles. The van der Waals surface area contributed by atoms with Gasteiger partial charge in [-0.3, -0.25) is 9.36 Å². The molecule has 8 nitrogen and oxygen atoms in total. The number of nitrogens with zero attached hydrogens (tertiary/aromatic N) is 3. The van der Waals surface area contributed by atoms with Gasteiger partial charge in [-0.15, -0.1) is 0 Å². The molecule has 1 amide bonds. The van der Waals surface area contributed by atoms with Crippen LogP contribution in [0, 0.1) is 0 Å². The molecule has 33 heavy (non-hydrogen) atoms. The third kappa shape index (κ3) is 4.06. The van der Waals surface area contributed by atoms with Gasteiger partial charge in [-0.1, -0.05) is 65.8 Å². The minimum atomic E-state index is -0.452. The number of imidazole rings is 1. The van der Waals surface area contributed by atoms with Crippen molar-refractivity contribution < 1.29 is 9.32 Å². The van der Waals surface area contributed by atoms with Crippen LogP contribution in [0.3, 0.4) is 0 Å². The number of aromatic amines is 1. The van der Waals surface area contributed by atoms with E-state index in [1.54, 1.807) is 13.1 Å². The molecular weight excluding hydrogens is 418 g/mol. The van der Waals surface area contributed by atoms with Crippen molar-refractivity contribution in [2.45, 2.75) is 12.5 Å². The lowest BCUT2D eigenvalue weighted by Gasteiger charge is -2.17. The maximum absolute atomic E-state index is 13.1. The van der Waals surface area contributed by atoms with Crippen LogP contribution in [0.4, 0.5) is 0 Å². The second kappa shape index (κ2) is 8.58. The fourth-order valence-electron chi connectivity index (χ4n) is 3.87. The first kappa shape index (κ1) is 20.4. The molecule has 5 rings (SSSR count). The van der Waals surface area contributed by atoms with Crippen molar-refractivity contribution in [3.05, 3.63) is 106 Å². The number of amides is 1. The number of fused-ring (bicyclic) bond motifs is 1. The summed E-state index contributed by atoms with van der Waals surface area (Å²) in [5, 5.41) is 6.94. The number of aromatic nitrogens is 4. The quantitative estimate of drug-likeness (QED) is 0.422. The van der Waals surface area contributed by atoms with Crippen LogP contribution in [0.5, 0.6) is 0 Å². The lowest BCUT2D eigenvalue weighted by Crippen LogP contribution is -2.29. The van der Waals surface area contributed by atoms with E-state index in [2.05, 4.69) is 20.4 Å². The van der Waals surface area contributed by atoms with Gasteiger partial charge in [0.1, 0.15) is 0 Å². The highest BCUT2D eigenvalue weighted by Crippen LogP contribution is 2.25.